The minimum absolute atomic E-state index is 0.206. The number of nitriles is 1. The third kappa shape index (κ3) is 2.92. The first-order chi connectivity index (χ1) is 9.51. The number of carbonyl (C=O) groups excluding carboxylic acids is 1. The average Bonchev–Trinajstić information content (AvgIpc) is 2.37. The minimum atomic E-state index is -0.298. The van der Waals surface area contributed by atoms with Crippen molar-refractivity contribution in [1.29, 1.82) is 5.26 Å². The molecular formula is C13H12N4O2S. The number of rotatable bonds is 3. The summed E-state index contributed by atoms with van der Waals surface area (Å²) in [5, 5.41) is 11.7. The Morgan fingerprint density at radius 2 is 2.25 bits per heavy atom. The van der Waals surface area contributed by atoms with Gasteiger partial charge in [-0.05, 0) is 37.3 Å². The molecular weight excluding hydrogens is 276 g/mol. The second kappa shape index (κ2) is 5.67. The van der Waals surface area contributed by atoms with Crippen LogP contribution in [0.3, 0.4) is 0 Å². The largest absolute Gasteiger partial charge is 0.349 e. The van der Waals surface area contributed by atoms with E-state index in [-0.39, 0.29) is 28.7 Å². The van der Waals surface area contributed by atoms with Crippen LogP contribution in [-0.2, 0) is 0 Å². The van der Waals surface area contributed by atoms with E-state index in [4.69, 9.17) is 17.5 Å². The normalized spacial score (nSPS) is 11.8. The molecule has 0 spiro atoms. The zero-order valence-electron chi connectivity index (χ0n) is 10.7. The number of nitrogens with one attached hydrogen (secondary N) is 3. The minimum Gasteiger partial charge on any atom is -0.349 e. The Bertz CT molecular complexity index is 815. The number of amides is 1. The van der Waals surface area contributed by atoms with E-state index in [0.717, 1.165) is 0 Å². The topological polar surface area (TPSA) is 102 Å². The first-order valence-electron chi connectivity index (χ1n) is 5.95. The fourth-order valence-corrected chi connectivity index (χ4v) is 2.01. The molecule has 0 saturated carbocycles. The lowest BCUT2D eigenvalue weighted by atomic mass is 10.1. The molecule has 2 aromatic rings. The van der Waals surface area contributed by atoms with E-state index in [1.54, 1.807) is 25.1 Å². The monoisotopic (exact) mass is 288 g/mol. The predicted octanol–water partition coefficient (Wildman–Crippen LogP) is 1.62. The SMILES string of the molecule is C[C@H](CC#N)NC(=O)c1ccc2c(=O)[nH]c(=S)[nH]c2c1. The Morgan fingerprint density at radius 1 is 1.50 bits per heavy atom. The van der Waals surface area contributed by atoms with Crippen LogP contribution in [0.25, 0.3) is 10.9 Å². The van der Waals surface area contributed by atoms with Gasteiger partial charge in [-0.25, -0.2) is 0 Å². The summed E-state index contributed by atoms with van der Waals surface area (Å²) in [5.74, 6) is -0.297. The van der Waals surface area contributed by atoms with Crippen molar-refractivity contribution in [3.8, 4) is 6.07 Å². The van der Waals surface area contributed by atoms with Gasteiger partial charge in [-0.3, -0.25) is 14.6 Å². The fourth-order valence-electron chi connectivity index (χ4n) is 1.81. The van der Waals surface area contributed by atoms with Crippen molar-refractivity contribution in [3.05, 3.63) is 38.9 Å². The summed E-state index contributed by atoms with van der Waals surface area (Å²) in [7, 11) is 0. The van der Waals surface area contributed by atoms with Gasteiger partial charge in [-0.2, -0.15) is 5.26 Å². The number of aromatic nitrogens is 2. The van der Waals surface area contributed by atoms with Crippen molar-refractivity contribution < 1.29 is 4.79 Å². The van der Waals surface area contributed by atoms with E-state index < -0.39 is 0 Å². The third-order valence-corrected chi connectivity index (χ3v) is 2.98. The Hall–Kier alpha value is -2.46. The highest BCUT2D eigenvalue weighted by Crippen LogP contribution is 2.10. The van der Waals surface area contributed by atoms with Crippen LogP contribution in [0.4, 0.5) is 0 Å². The van der Waals surface area contributed by atoms with Crippen LogP contribution >= 0.6 is 12.2 Å². The van der Waals surface area contributed by atoms with Gasteiger partial charge in [0.05, 0.1) is 23.4 Å². The Kier molecular flexibility index (Phi) is 3.96. The van der Waals surface area contributed by atoms with Crippen LogP contribution in [0.2, 0.25) is 0 Å². The molecule has 0 saturated heterocycles. The highest BCUT2D eigenvalue weighted by Gasteiger charge is 2.11. The van der Waals surface area contributed by atoms with Crippen molar-refractivity contribution >= 4 is 29.0 Å². The van der Waals surface area contributed by atoms with Crippen molar-refractivity contribution in [3.63, 3.8) is 0 Å². The summed E-state index contributed by atoms with van der Waals surface area (Å²) >= 11 is 4.89. The first kappa shape index (κ1) is 14.0. The van der Waals surface area contributed by atoms with Crippen molar-refractivity contribution in [1.82, 2.24) is 15.3 Å². The van der Waals surface area contributed by atoms with E-state index in [0.29, 0.717) is 16.5 Å². The molecule has 20 heavy (non-hydrogen) atoms. The first-order valence-corrected chi connectivity index (χ1v) is 6.36. The predicted molar refractivity (Wildman–Crippen MR) is 76.9 cm³/mol. The summed E-state index contributed by atoms with van der Waals surface area (Å²) < 4.78 is 0.206. The van der Waals surface area contributed by atoms with E-state index >= 15 is 0 Å². The maximum absolute atomic E-state index is 12.0. The van der Waals surface area contributed by atoms with Gasteiger partial charge in [0.2, 0.25) is 0 Å². The molecule has 7 heteroatoms. The number of benzene rings is 1. The molecule has 0 bridgehead atoms. The van der Waals surface area contributed by atoms with E-state index in [2.05, 4.69) is 15.3 Å². The zero-order chi connectivity index (χ0) is 14.7. The van der Waals surface area contributed by atoms with Crippen LogP contribution in [0.15, 0.2) is 23.0 Å². The summed E-state index contributed by atoms with van der Waals surface area (Å²) in [6, 6.07) is 6.43. The molecule has 0 unspecified atom stereocenters. The highest BCUT2D eigenvalue weighted by molar-refractivity contribution is 7.71. The molecule has 1 aromatic carbocycles. The van der Waals surface area contributed by atoms with Gasteiger partial charge < -0.3 is 10.3 Å². The summed E-state index contributed by atoms with van der Waals surface area (Å²) in [6.45, 7) is 1.75. The zero-order valence-corrected chi connectivity index (χ0v) is 11.5. The number of nitrogens with zero attached hydrogens (tertiary/aromatic N) is 1. The second-order valence-corrected chi connectivity index (χ2v) is 4.81. The Balaban J connectivity index is 2.37. The number of fused-ring (bicyclic) bond motifs is 1. The Labute approximate surface area is 119 Å². The smallest absolute Gasteiger partial charge is 0.259 e. The summed E-state index contributed by atoms with van der Waals surface area (Å²) in [5.41, 5.74) is 0.603. The third-order valence-electron chi connectivity index (χ3n) is 2.78. The molecule has 0 radical (unpaired) electrons. The van der Waals surface area contributed by atoms with E-state index in [1.807, 2.05) is 6.07 Å². The number of aromatic amines is 2. The molecule has 0 aliphatic heterocycles. The van der Waals surface area contributed by atoms with Crippen molar-refractivity contribution in [2.45, 2.75) is 19.4 Å². The van der Waals surface area contributed by atoms with Gasteiger partial charge in [0, 0.05) is 11.6 Å². The maximum Gasteiger partial charge on any atom is 0.259 e. The molecule has 0 aliphatic rings. The average molecular weight is 288 g/mol. The van der Waals surface area contributed by atoms with Gasteiger partial charge in [-0.1, -0.05) is 0 Å². The highest BCUT2D eigenvalue weighted by atomic mass is 32.1. The number of H-pyrrole nitrogens is 2. The van der Waals surface area contributed by atoms with Crippen molar-refractivity contribution in [2.75, 3.05) is 0 Å². The number of hydrogen-bond acceptors (Lipinski definition) is 4. The molecule has 2 rings (SSSR count). The lowest BCUT2D eigenvalue weighted by Gasteiger charge is -2.10. The second-order valence-electron chi connectivity index (χ2n) is 4.41. The molecule has 0 aliphatic carbocycles. The quantitative estimate of drug-likeness (QED) is 0.747. The van der Waals surface area contributed by atoms with E-state index in [9.17, 15) is 9.59 Å². The van der Waals surface area contributed by atoms with Crippen LogP contribution in [-0.4, -0.2) is 21.9 Å². The van der Waals surface area contributed by atoms with Crippen LogP contribution in [0.5, 0.6) is 0 Å². The van der Waals surface area contributed by atoms with Crippen LogP contribution in [0.1, 0.15) is 23.7 Å². The standard InChI is InChI=1S/C13H12N4O2S/c1-7(4-5-14)15-11(18)8-2-3-9-10(6-8)16-13(20)17-12(9)19/h2-3,6-7H,4H2,1H3,(H,15,18)(H2,16,17,19,20)/t7-/m1/s1. The van der Waals surface area contributed by atoms with E-state index in [1.165, 1.54) is 0 Å². The molecule has 6 nitrogen and oxygen atoms in total. The summed E-state index contributed by atoms with van der Waals surface area (Å²) in [6.07, 6.45) is 0.238. The maximum atomic E-state index is 12.0. The van der Waals surface area contributed by atoms with Crippen LogP contribution < -0.4 is 10.9 Å². The molecule has 1 aromatic heterocycles. The van der Waals surface area contributed by atoms with Crippen molar-refractivity contribution in [2.24, 2.45) is 0 Å². The number of carbonyl (C=O) groups is 1. The lowest BCUT2D eigenvalue weighted by Crippen LogP contribution is -2.32. The van der Waals surface area contributed by atoms with Gasteiger partial charge in [0.15, 0.2) is 4.77 Å². The summed E-state index contributed by atoms with van der Waals surface area (Å²) in [4.78, 5) is 29.0. The number of hydrogen-bond donors (Lipinski definition) is 3. The molecule has 1 heterocycles. The fraction of sp³-hybridized carbons (Fsp3) is 0.231. The molecule has 0 fully saturated rings. The van der Waals surface area contributed by atoms with Gasteiger partial charge in [-0.15, -0.1) is 0 Å². The molecule has 102 valence electrons. The van der Waals surface area contributed by atoms with Gasteiger partial charge in [0.25, 0.3) is 11.5 Å². The van der Waals surface area contributed by atoms with Crippen LogP contribution in [0, 0.1) is 16.1 Å². The lowest BCUT2D eigenvalue weighted by molar-refractivity contribution is 0.0941. The molecule has 3 N–H and O–H groups in total. The Morgan fingerprint density at radius 3 is 2.95 bits per heavy atom. The molecule has 1 amide bonds. The van der Waals surface area contributed by atoms with Gasteiger partial charge in [0.1, 0.15) is 0 Å². The molecule has 1 atom stereocenters. The van der Waals surface area contributed by atoms with Gasteiger partial charge >= 0.3 is 0 Å².